The zero-order chi connectivity index (χ0) is 9.84. The maximum absolute atomic E-state index is 5.29. The van der Waals surface area contributed by atoms with Crippen molar-refractivity contribution in [1.29, 1.82) is 0 Å². The van der Waals surface area contributed by atoms with Crippen LogP contribution in [0.3, 0.4) is 0 Å². The van der Waals surface area contributed by atoms with Crippen molar-refractivity contribution >= 4 is 12.0 Å². The Labute approximate surface area is 77.7 Å². The van der Waals surface area contributed by atoms with Crippen molar-refractivity contribution in [2.75, 3.05) is 11.1 Å². The van der Waals surface area contributed by atoms with Crippen LogP contribution in [0.2, 0.25) is 0 Å². The molecule has 5 nitrogen and oxygen atoms in total. The number of rotatable bonds is 4. The molecule has 0 aromatic carbocycles. The molecule has 0 bridgehead atoms. The average Bonchev–Trinajstić information content (AvgIpc) is 2.46. The van der Waals surface area contributed by atoms with Crippen LogP contribution in [-0.4, -0.2) is 16.2 Å². The summed E-state index contributed by atoms with van der Waals surface area (Å²) >= 11 is 0. The highest BCUT2D eigenvalue weighted by Crippen LogP contribution is 2.14. The van der Waals surface area contributed by atoms with Crippen molar-refractivity contribution in [2.24, 2.45) is 5.92 Å². The van der Waals surface area contributed by atoms with E-state index in [-0.39, 0.29) is 6.01 Å². The molecule has 0 amide bonds. The molecule has 0 spiro atoms. The van der Waals surface area contributed by atoms with E-state index >= 15 is 0 Å². The highest BCUT2D eigenvalue weighted by Gasteiger charge is 2.13. The van der Waals surface area contributed by atoms with Crippen LogP contribution in [0.1, 0.15) is 27.2 Å². The van der Waals surface area contributed by atoms with Crippen LogP contribution >= 0.6 is 0 Å². The third-order valence-corrected chi connectivity index (χ3v) is 1.99. The Kier molecular flexibility index (Phi) is 3.11. The maximum atomic E-state index is 5.29. The van der Waals surface area contributed by atoms with E-state index in [2.05, 4.69) is 36.3 Å². The van der Waals surface area contributed by atoms with Crippen molar-refractivity contribution in [3.8, 4) is 0 Å². The zero-order valence-electron chi connectivity index (χ0n) is 8.24. The van der Waals surface area contributed by atoms with Gasteiger partial charge in [0.1, 0.15) is 0 Å². The van der Waals surface area contributed by atoms with Crippen molar-refractivity contribution in [1.82, 2.24) is 10.2 Å². The summed E-state index contributed by atoms with van der Waals surface area (Å²) in [6.45, 7) is 6.39. The van der Waals surface area contributed by atoms with Gasteiger partial charge in [-0.05, 0) is 12.3 Å². The zero-order valence-corrected chi connectivity index (χ0v) is 8.24. The number of nitrogens with zero attached hydrogens (tertiary/aromatic N) is 2. The van der Waals surface area contributed by atoms with Crippen molar-refractivity contribution in [3.05, 3.63) is 0 Å². The Morgan fingerprint density at radius 1 is 1.46 bits per heavy atom. The van der Waals surface area contributed by atoms with Gasteiger partial charge in [0.25, 0.3) is 0 Å². The lowest BCUT2D eigenvalue weighted by Crippen LogP contribution is -2.24. The van der Waals surface area contributed by atoms with Gasteiger partial charge >= 0.3 is 12.0 Å². The maximum Gasteiger partial charge on any atom is 0.317 e. The molecule has 0 aliphatic heterocycles. The van der Waals surface area contributed by atoms with E-state index < -0.39 is 0 Å². The molecule has 74 valence electrons. The first-order chi connectivity index (χ1) is 6.13. The number of hydrogen-bond acceptors (Lipinski definition) is 5. The molecule has 0 saturated carbocycles. The fourth-order valence-electron chi connectivity index (χ4n) is 1.19. The normalized spacial score (nSPS) is 13.2. The van der Waals surface area contributed by atoms with Gasteiger partial charge in [0.05, 0.1) is 0 Å². The van der Waals surface area contributed by atoms with Gasteiger partial charge in [-0.15, -0.1) is 0 Å². The van der Waals surface area contributed by atoms with Gasteiger partial charge in [-0.1, -0.05) is 31.0 Å². The Balaban J connectivity index is 2.56. The molecule has 1 rings (SSSR count). The Morgan fingerprint density at radius 3 is 2.54 bits per heavy atom. The molecule has 0 aliphatic carbocycles. The molecule has 1 aromatic rings. The Bertz CT molecular complexity index is 258. The second kappa shape index (κ2) is 4.11. The number of nitrogen functional groups attached to an aromatic ring is 1. The molecule has 13 heavy (non-hydrogen) atoms. The molecule has 0 fully saturated rings. The molecular weight excluding hydrogens is 168 g/mol. The van der Waals surface area contributed by atoms with Crippen LogP contribution < -0.4 is 11.1 Å². The minimum Gasteiger partial charge on any atom is -0.390 e. The SMILES string of the molecule is CCC(Nc1nnc(N)o1)C(C)C. The van der Waals surface area contributed by atoms with Gasteiger partial charge in [-0.25, -0.2) is 0 Å². The Hall–Kier alpha value is -1.26. The van der Waals surface area contributed by atoms with E-state index in [9.17, 15) is 0 Å². The second-order valence-corrected chi connectivity index (χ2v) is 3.35. The Morgan fingerprint density at radius 2 is 2.15 bits per heavy atom. The minimum absolute atomic E-state index is 0.0982. The van der Waals surface area contributed by atoms with Gasteiger partial charge in [0, 0.05) is 6.04 Å². The van der Waals surface area contributed by atoms with Crippen LogP contribution in [0.5, 0.6) is 0 Å². The monoisotopic (exact) mass is 184 g/mol. The minimum atomic E-state index is 0.0982. The van der Waals surface area contributed by atoms with E-state index in [4.69, 9.17) is 10.2 Å². The quantitative estimate of drug-likeness (QED) is 0.741. The molecule has 0 aliphatic rings. The lowest BCUT2D eigenvalue weighted by Gasteiger charge is -2.18. The van der Waals surface area contributed by atoms with Gasteiger partial charge in [0.2, 0.25) is 0 Å². The van der Waals surface area contributed by atoms with Gasteiger partial charge in [-0.2, -0.15) is 0 Å². The van der Waals surface area contributed by atoms with Crippen LogP contribution in [0, 0.1) is 5.92 Å². The predicted octanol–water partition coefficient (Wildman–Crippen LogP) is 1.50. The summed E-state index contributed by atoms with van der Waals surface area (Å²) in [6.07, 6.45) is 1.01. The van der Waals surface area contributed by atoms with Crippen molar-refractivity contribution < 1.29 is 4.42 Å². The van der Waals surface area contributed by atoms with Crippen LogP contribution in [0.4, 0.5) is 12.0 Å². The molecule has 0 radical (unpaired) electrons. The molecule has 3 N–H and O–H groups in total. The molecule has 0 saturated heterocycles. The number of hydrogen-bond donors (Lipinski definition) is 2. The highest BCUT2D eigenvalue weighted by molar-refractivity contribution is 5.24. The molecule has 5 heteroatoms. The fraction of sp³-hybridized carbons (Fsp3) is 0.750. The van der Waals surface area contributed by atoms with E-state index in [1.165, 1.54) is 0 Å². The third kappa shape index (κ3) is 2.61. The van der Waals surface area contributed by atoms with Crippen LogP contribution in [0.15, 0.2) is 4.42 Å². The van der Waals surface area contributed by atoms with Gasteiger partial charge in [0.15, 0.2) is 0 Å². The summed E-state index contributed by atoms with van der Waals surface area (Å²) in [5.41, 5.74) is 5.29. The smallest absolute Gasteiger partial charge is 0.317 e. The summed E-state index contributed by atoms with van der Waals surface area (Å²) in [6, 6.07) is 0.846. The number of nitrogens with two attached hydrogens (primary N) is 1. The van der Waals surface area contributed by atoms with E-state index in [0.717, 1.165) is 6.42 Å². The molecule has 1 atom stereocenters. The number of aromatic nitrogens is 2. The predicted molar refractivity (Wildman–Crippen MR) is 51.3 cm³/mol. The summed E-state index contributed by atoms with van der Waals surface area (Å²) in [4.78, 5) is 0. The van der Waals surface area contributed by atoms with Crippen molar-refractivity contribution in [3.63, 3.8) is 0 Å². The van der Waals surface area contributed by atoms with Crippen molar-refractivity contribution in [2.45, 2.75) is 33.2 Å². The number of nitrogens with one attached hydrogen (secondary N) is 1. The third-order valence-electron chi connectivity index (χ3n) is 1.99. The molecule has 1 heterocycles. The van der Waals surface area contributed by atoms with E-state index in [1.807, 2.05) is 0 Å². The first-order valence-corrected chi connectivity index (χ1v) is 4.49. The largest absolute Gasteiger partial charge is 0.390 e. The topological polar surface area (TPSA) is 77.0 Å². The van der Waals surface area contributed by atoms with E-state index in [1.54, 1.807) is 0 Å². The number of anilines is 2. The van der Waals surface area contributed by atoms with E-state index in [0.29, 0.717) is 18.0 Å². The summed E-state index contributed by atoms with van der Waals surface area (Å²) < 4.78 is 5.01. The lowest BCUT2D eigenvalue weighted by atomic mass is 10.0. The summed E-state index contributed by atoms with van der Waals surface area (Å²) in [7, 11) is 0. The summed E-state index contributed by atoms with van der Waals surface area (Å²) in [5.74, 6) is 0.526. The van der Waals surface area contributed by atoms with Gasteiger partial charge < -0.3 is 15.5 Å². The summed E-state index contributed by atoms with van der Waals surface area (Å²) in [5, 5.41) is 10.4. The van der Waals surface area contributed by atoms with Crippen LogP contribution in [-0.2, 0) is 0 Å². The molecule has 1 aromatic heterocycles. The fourth-order valence-corrected chi connectivity index (χ4v) is 1.19. The van der Waals surface area contributed by atoms with Gasteiger partial charge in [-0.3, -0.25) is 0 Å². The molecular formula is C8H16N4O. The standard InChI is InChI=1S/C8H16N4O/c1-4-6(5(2)3)10-8-12-11-7(9)13-8/h5-6H,4H2,1-3H3,(H2,9,11)(H,10,12). The van der Waals surface area contributed by atoms with Crippen LogP contribution in [0.25, 0.3) is 0 Å². The first-order valence-electron chi connectivity index (χ1n) is 4.49. The second-order valence-electron chi connectivity index (χ2n) is 3.35. The lowest BCUT2D eigenvalue weighted by molar-refractivity contribution is 0.485. The average molecular weight is 184 g/mol. The first kappa shape index (κ1) is 9.83. The highest BCUT2D eigenvalue weighted by atomic mass is 16.4. The molecule has 1 unspecified atom stereocenters.